The van der Waals surface area contributed by atoms with Crippen LogP contribution in [0.5, 0.6) is 5.75 Å². The lowest BCUT2D eigenvalue weighted by Gasteiger charge is -2.14. The van der Waals surface area contributed by atoms with Crippen LogP contribution in [0, 0.1) is 0 Å². The van der Waals surface area contributed by atoms with E-state index >= 15 is 0 Å². The highest BCUT2D eigenvalue weighted by Crippen LogP contribution is 2.29. The second-order valence-corrected chi connectivity index (χ2v) is 6.11. The zero-order valence-corrected chi connectivity index (χ0v) is 14.9. The van der Waals surface area contributed by atoms with Crippen molar-refractivity contribution in [1.29, 1.82) is 0 Å². The molecule has 0 amide bonds. The van der Waals surface area contributed by atoms with Crippen molar-refractivity contribution in [3.05, 3.63) is 47.0 Å². The Morgan fingerprint density at radius 3 is 2.76 bits per heavy atom. The second kappa shape index (κ2) is 9.11. The van der Waals surface area contributed by atoms with Gasteiger partial charge in [0, 0.05) is 23.4 Å². The molecule has 0 aliphatic rings. The Morgan fingerprint density at radius 1 is 1.29 bits per heavy atom. The Kier molecular flexibility index (Phi) is 7.83. The minimum atomic E-state index is 0. The van der Waals surface area contributed by atoms with E-state index in [1.165, 1.54) is 5.56 Å². The van der Waals surface area contributed by atoms with Crippen molar-refractivity contribution in [3.63, 3.8) is 0 Å². The highest BCUT2D eigenvalue weighted by molar-refractivity contribution is 9.10. The van der Waals surface area contributed by atoms with Crippen LogP contribution in [0.3, 0.4) is 0 Å². The summed E-state index contributed by atoms with van der Waals surface area (Å²) in [6.45, 7) is 6.14. The summed E-state index contributed by atoms with van der Waals surface area (Å²) < 4.78 is 9.13. The number of unbranched alkanes of at least 4 members (excludes halogenated alkanes) is 1. The summed E-state index contributed by atoms with van der Waals surface area (Å²) in [6.07, 6.45) is 7.81. The van der Waals surface area contributed by atoms with Gasteiger partial charge in [0.25, 0.3) is 0 Å². The van der Waals surface area contributed by atoms with E-state index in [1.54, 1.807) is 0 Å². The van der Waals surface area contributed by atoms with Crippen LogP contribution >= 0.6 is 28.3 Å². The molecular weight excluding hydrogens is 352 g/mol. The maximum atomic E-state index is 5.93. The number of nitrogens with zero attached hydrogens (tertiary/aromatic N) is 2. The molecule has 1 aromatic carbocycles. The first-order valence-electron chi connectivity index (χ1n) is 7.05. The van der Waals surface area contributed by atoms with Gasteiger partial charge in [0.05, 0.1) is 12.9 Å². The SMILES string of the molecule is CC(C)c1cc(Br)ccc1OCCCCn1ccnc1.Cl. The van der Waals surface area contributed by atoms with Crippen LogP contribution in [0.1, 0.15) is 38.2 Å². The van der Waals surface area contributed by atoms with Crippen molar-refractivity contribution >= 4 is 28.3 Å². The first-order chi connectivity index (χ1) is 9.66. The van der Waals surface area contributed by atoms with Crippen molar-refractivity contribution in [3.8, 4) is 5.75 Å². The lowest BCUT2D eigenvalue weighted by Crippen LogP contribution is -2.03. The molecule has 0 N–H and O–H groups in total. The van der Waals surface area contributed by atoms with Gasteiger partial charge in [-0.2, -0.15) is 0 Å². The minimum Gasteiger partial charge on any atom is -0.493 e. The Balaban J connectivity index is 0.00000220. The van der Waals surface area contributed by atoms with Crippen LogP contribution in [-0.4, -0.2) is 16.2 Å². The molecule has 1 heterocycles. The Bertz CT molecular complexity index is 529. The predicted octanol–water partition coefficient (Wildman–Crippen LogP) is 5.05. The maximum Gasteiger partial charge on any atom is 0.122 e. The number of aryl methyl sites for hydroxylation is 1. The van der Waals surface area contributed by atoms with Crippen LogP contribution in [0.2, 0.25) is 0 Å². The van der Waals surface area contributed by atoms with Crippen molar-refractivity contribution in [2.75, 3.05) is 6.61 Å². The van der Waals surface area contributed by atoms with Gasteiger partial charge >= 0.3 is 0 Å². The van der Waals surface area contributed by atoms with E-state index < -0.39 is 0 Å². The fourth-order valence-electron chi connectivity index (χ4n) is 2.10. The molecule has 0 saturated heterocycles. The number of halogens is 2. The predicted molar refractivity (Wildman–Crippen MR) is 92.4 cm³/mol. The van der Waals surface area contributed by atoms with E-state index in [0.717, 1.165) is 36.2 Å². The third-order valence-electron chi connectivity index (χ3n) is 3.22. The molecule has 0 aliphatic carbocycles. The number of ether oxygens (including phenoxy) is 1. The van der Waals surface area contributed by atoms with Crippen LogP contribution in [0.15, 0.2) is 41.4 Å². The van der Waals surface area contributed by atoms with E-state index in [0.29, 0.717) is 5.92 Å². The fraction of sp³-hybridized carbons (Fsp3) is 0.438. The number of aromatic nitrogens is 2. The topological polar surface area (TPSA) is 27.1 Å². The molecule has 0 saturated carbocycles. The third kappa shape index (κ3) is 5.71. The smallest absolute Gasteiger partial charge is 0.122 e. The molecule has 21 heavy (non-hydrogen) atoms. The van der Waals surface area contributed by atoms with Gasteiger partial charge in [0.2, 0.25) is 0 Å². The lowest BCUT2D eigenvalue weighted by atomic mass is 10.0. The lowest BCUT2D eigenvalue weighted by molar-refractivity contribution is 0.299. The highest BCUT2D eigenvalue weighted by Gasteiger charge is 2.08. The summed E-state index contributed by atoms with van der Waals surface area (Å²) in [5, 5.41) is 0. The summed E-state index contributed by atoms with van der Waals surface area (Å²) in [7, 11) is 0. The van der Waals surface area contributed by atoms with E-state index in [-0.39, 0.29) is 12.4 Å². The number of rotatable bonds is 7. The van der Waals surface area contributed by atoms with Crippen LogP contribution in [0.4, 0.5) is 0 Å². The summed E-state index contributed by atoms with van der Waals surface area (Å²) in [4.78, 5) is 4.04. The third-order valence-corrected chi connectivity index (χ3v) is 3.71. The fourth-order valence-corrected chi connectivity index (χ4v) is 2.48. The molecule has 0 bridgehead atoms. The molecule has 0 unspecified atom stereocenters. The molecular formula is C16H22BrClN2O. The quantitative estimate of drug-likeness (QED) is 0.635. The molecule has 2 rings (SSSR count). The molecule has 3 nitrogen and oxygen atoms in total. The van der Waals surface area contributed by atoms with Crippen molar-refractivity contribution < 1.29 is 4.74 Å². The first-order valence-corrected chi connectivity index (χ1v) is 7.84. The Labute approximate surface area is 141 Å². The molecule has 5 heteroatoms. The summed E-state index contributed by atoms with van der Waals surface area (Å²) in [5.41, 5.74) is 1.26. The van der Waals surface area contributed by atoms with Gasteiger partial charge in [-0.15, -0.1) is 12.4 Å². The van der Waals surface area contributed by atoms with Gasteiger partial charge in [-0.1, -0.05) is 29.8 Å². The van der Waals surface area contributed by atoms with E-state index in [2.05, 4.69) is 51.5 Å². The van der Waals surface area contributed by atoms with E-state index in [1.807, 2.05) is 24.8 Å². The maximum absolute atomic E-state index is 5.93. The second-order valence-electron chi connectivity index (χ2n) is 5.19. The molecule has 0 atom stereocenters. The summed E-state index contributed by atoms with van der Waals surface area (Å²) in [5.74, 6) is 1.47. The average molecular weight is 374 g/mol. The zero-order chi connectivity index (χ0) is 14.4. The van der Waals surface area contributed by atoms with Crippen LogP contribution < -0.4 is 4.74 Å². The summed E-state index contributed by atoms with van der Waals surface area (Å²) in [6, 6.07) is 6.23. The van der Waals surface area contributed by atoms with E-state index in [4.69, 9.17) is 4.74 Å². The number of imidazole rings is 1. The van der Waals surface area contributed by atoms with Gasteiger partial charge in [-0.3, -0.25) is 0 Å². The molecule has 0 radical (unpaired) electrons. The molecule has 2 aromatic rings. The average Bonchev–Trinajstić information content (AvgIpc) is 2.92. The molecule has 116 valence electrons. The van der Waals surface area contributed by atoms with Gasteiger partial charge in [-0.05, 0) is 42.5 Å². The van der Waals surface area contributed by atoms with Crippen molar-refractivity contribution in [1.82, 2.24) is 9.55 Å². The number of benzene rings is 1. The van der Waals surface area contributed by atoms with Gasteiger partial charge in [-0.25, -0.2) is 4.98 Å². The van der Waals surface area contributed by atoms with Crippen molar-refractivity contribution in [2.45, 2.75) is 39.2 Å². The van der Waals surface area contributed by atoms with Crippen molar-refractivity contribution in [2.24, 2.45) is 0 Å². The van der Waals surface area contributed by atoms with Gasteiger partial charge < -0.3 is 9.30 Å². The molecule has 0 fully saturated rings. The van der Waals surface area contributed by atoms with Gasteiger partial charge in [0.15, 0.2) is 0 Å². The monoisotopic (exact) mass is 372 g/mol. The zero-order valence-electron chi connectivity index (χ0n) is 12.5. The normalized spacial score (nSPS) is 10.5. The highest BCUT2D eigenvalue weighted by atomic mass is 79.9. The molecule has 0 spiro atoms. The molecule has 1 aromatic heterocycles. The van der Waals surface area contributed by atoms with Gasteiger partial charge in [0.1, 0.15) is 5.75 Å². The Hall–Kier alpha value is -1.00. The number of hydrogen-bond donors (Lipinski definition) is 0. The molecule has 0 aliphatic heterocycles. The van der Waals surface area contributed by atoms with E-state index in [9.17, 15) is 0 Å². The standard InChI is InChI=1S/C16H21BrN2O.ClH/c1-13(2)15-11-14(17)5-6-16(15)20-10-4-3-8-19-9-7-18-12-19;/h5-7,9,11-13H,3-4,8,10H2,1-2H3;1H. The summed E-state index contributed by atoms with van der Waals surface area (Å²) >= 11 is 3.52. The Morgan fingerprint density at radius 2 is 2.10 bits per heavy atom. The first kappa shape index (κ1) is 18.1. The number of hydrogen-bond acceptors (Lipinski definition) is 2. The van der Waals surface area contributed by atoms with Crippen LogP contribution in [-0.2, 0) is 6.54 Å². The largest absolute Gasteiger partial charge is 0.493 e. The van der Waals surface area contributed by atoms with Crippen LogP contribution in [0.25, 0.3) is 0 Å². The minimum absolute atomic E-state index is 0.